The van der Waals surface area contributed by atoms with Crippen LogP contribution in [0.3, 0.4) is 0 Å². The van der Waals surface area contributed by atoms with Crippen LogP contribution < -0.4 is 5.32 Å². The molecule has 1 N–H and O–H groups in total. The van der Waals surface area contributed by atoms with E-state index in [9.17, 15) is 0 Å². The van der Waals surface area contributed by atoms with Crippen molar-refractivity contribution in [2.24, 2.45) is 5.92 Å². The highest BCUT2D eigenvalue weighted by atomic mass is 15.2. The fourth-order valence-electron chi connectivity index (χ4n) is 3.25. The van der Waals surface area contributed by atoms with Crippen molar-refractivity contribution >= 4 is 0 Å². The van der Waals surface area contributed by atoms with Gasteiger partial charge in [0.25, 0.3) is 0 Å². The first kappa shape index (κ1) is 13.4. The summed E-state index contributed by atoms with van der Waals surface area (Å²) in [7, 11) is 0. The van der Waals surface area contributed by atoms with Gasteiger partial charge in [0.15, 0.2) is 0 Å². The van der Waals surface area contributed by atoms with Gasteiger partial charge in [-0.05, 0) is 51.6 Å². The molecule has 0 aliphatic heterocycles. The van der Waals surface area contributed by atoms with Gasteiger partial charge in [0, 0.05) is 18.1 Å². The van der Waals surface area contributed by atoms with E-state index in [1.54, 1.807) is 0 Å². The van der Waals surface area contributed by atoms with Crippen LogP contribution in [0.15, 0.2) is 0 Å². The number of nitrogens with zero attached hydrogens (tertiary/aromatic N) is 1. The second kappa shape index (κ2) is 6.19. The maximum atomic E-state index is 3.68. The van der Waals surface area contributed by atoms with Gasteiger partial charge in [-0.3, -0.25) is 4.90 Å². The Morgan fingerprint density at radius 3 is 2.29 bits per heavy atom. The highest BCUT2D eigenvalue weighted by molar-refractivity contribution is 4.86. The van der Waals surface area contributed by atoms with Gasteiger partial charge in [-0.1, -0.05) is 26.7 Å². The summed E-state index contributed by atoms with van der Waals surface area (Å²) in [6, 6.07) is 2.46. The van der Waals surface area contributed by atoms with Gasteiger partial charge in [-0.2, -0.15) is 0 Å². The lowest BCUT2D eigenvalue weighted by Crippen LogP contribution is -2.46. The van der Waals surface area contributed by atoms with Crippen LogP contribution in [0.4, 0.5) is 0 Å². The van der Waals surface area contributed by atoms with E-state index in [4.69, 9.17) is 0 Å². The zero-order valence-electron chi connectivity index (χ0n) is 11.9. The minimum absolute atomic E-state index is 0.731. The van der Waals surface area contributed by atoms with E-state index in [-0.39, 0.29) is 0 Å². The maximum absolute atomic E-state index is 3.68. The van der Waals surface area contributed by atoms with Gasteiger partial charge in [0.1, 0.15) is 0 Å². The Morgan fingerprint density at radius 2 is 1.76 bits per heavy atom. The lowest BCUT2D eigenvalue weighted by Gasteiger charge is -2.37. The Kier molecular flexibility index (Phi) is 4.87. The second-order valence-electron chi connectivity index (χ2n) is 6.17. The van der Waals surface area contributed by atoms with Gasteiger partial charge < -0.3 is 5.32 Å². The molecule has 0 spiro atoms. The zero-order chi connectivity index (χ0) is 12.3. The number of rotatable bonds is 7. The van der Waals surface area contributed by atoms with E-state index in [2.05, 4.69) is 31.0 Å². The molecule has 2 aliphatic rings. The molecule has 2 rings (SSSR count). The molecule has 100 valence electrons. The summed E-state index contributed by atoms with van der Waals surface area (Å²) in [4.78, 5) is 2.76. The van der Waals surface area contributed by atoms with Crippen LogP contribution in [-0.4, -0.2) is 36.1 Å². The van der Waals surface area contributed by atoms with Crippen molar-refractivity contribution in [2.45, 2.75) is 77.4 Å². The highest BCUT2D eigenvalue weighted by Crippen LogP contribution is 2.27. The summed E-state index contributed by atoms with van der Waals surface area (Å²) in [5.41, 5.74) is 0. The first-order chi connectivity index (χ1) is 8.22. The SMILES string of the molecule is CCN(C1CCCC1)C(C)C(C)CNC1CC1. The lowest BCUT2D eigenvalue weighted by molar-refractivity contribution is 0.115. The van der Waals surface area contributed by atoms with Crippen molar-refractivity contribution in [1.29, 1.82) is 0 Å². The van der Waals surface area contributed by atoms with Crippen LogP contribution in [0.2, 0.25) is 0 Å². The molecule has 17 heavy (non-hydrogen) atoms. The third kappa shape index (κ3) is 3.69. The topological polar surface area (TPSA) is 15.3 Å². The molecular formula is C15H30N2. The normalized spacial score (nSPS) is 25.4. The van der Waals surface area contributed by atoms with Gasteiger partial charge in [-0.25, -0.2) is 0 Å². The molecular weight excluding hydrogens is 208 g/mol. The molecule has 2 aliphatic carbocycles. The molecule has 0 heterocycles. The molecule has 2 nitrogen and oxygen atoms in total. The Morgan fingerprint density at radius 1 is 1.12 bits per heavy atom. The Bertz CT molecular complexity index is 219. The van der Waals surface area contributed by atoms with Crippen molar-refractivity contribution in [3.8, 4) is 0 Å². The van der Waals surface area contributed by atoms with Crippen LogP contribution in [-0.2, 0) is 0 Å². The molecule has 2 fully saturated rings. The fourth-order valence-corrected chi connectivity index (χ4v) is 3.25. The zero-order valence-corrected chi connectivity index (χ0v) is 11.9. The fraction of sp³-hybridized carbons (Fsp3) is 1.00. The Balaban J connectivity index is 1.78. The molecule has 0 radical (unpaired) electrons. The molecule has 0 saturated heterocycles. The van der Waals surface area contributed by atoms with E-state index in [1.165, 1.54) is 51.6 Å². The van der Waals surface area contributed by atoms with Gasteiger partial charge in [0.05, 0.1) is 0 Å². The quantitative estimate of drug-likeness (QED) is 0.733. The van der Waals surface area contributed by atoms with Crippen molar-refractivity contribution in [1.82, 2.24) is 10.2 Å². The van der Waals surface area contributed by atoms with Crippen LogP contribution in [0, 0.1) is 5.92 Å². The van der Waals surface area contributed by atoms with Crippen molar-refractivity contribution in [2.75, 3.05) is 13.1 Å². The number of hydrogen-bond acceptors (Lipinski definition) is 2. The molecule has 0 aromatic rings. The minimum Gasteiger partial charge on any atom is -0.314 e. The van der Waals surface area contributed by atoms with E-state index in [0.717, 1.165) is 24.0 Å². The minimum atomic E-state index is 0.731. The van der Waals surface area contributed by atoms with Gasteiger partial charge in [0.2, 0.25) is 0 Å². The highest BCUT2D eigenvalue weighted by Gasteiger charge is 2.29. The Hall–Kier alpha value is -0.0800. The molecule has 2 saturated carbocycles. The van der Waals surface area contributed by atoms with Gasteiger partial charge >= 0.3 is 0 Å². The first-order valence-electron chi connectivity index (χ1n) is 7.71. The second-order valence-corrected chi connectivity index (χ2v) is 6.17. The summed E-state index contributed by atoms with van der Waals surface area (Å²) in [5.74, 6) is 0.774. The summed E-state index contributed by atoms with van der Waals surface area (Å²) < 4.78 is 0. The van der Waals surface area contributed by atoms with Crippen LogP contribution in [0.25, 0.3) is 0 Å². The van der Waals surface area contributed by atoms with Crippen molar-refractivity contribution in [3.05, 3.63) is 0 Å². The largest absolute Gasteiger partial charge is 0.314 e. The lowest BCUT2D eigenvalue weighted by atomic mass is 9.99. The maximum Gasteiger partial charge on any atom is 0.0107 e. The number of nitrogens with one attached hydrogen (secondary N) is 1. The third-order valence-electron chi connectivity index (χ3n) is 4.81. The molecule has 2 atom stereocenters. The van der Waals surface area contributed by atoms with Crippen LogP contribution in [0.5, 0.6) is 0 Å². The average Bonchev–Trinajstić information content (AvgIpc) is 3.02. The van der Waals surface area contributed by atoms with Crippen LogP contribution >= 0.6 is 0 Å². The summed E-state index contributed by atoms with van der Waals surface area (Å²) in [6.07, 6.45) is 8.57. The van der Waals surface area contributed by atoms with E-state index in [0.29, 0.717) is 0 Å². The molecule has 0 amide bonds. The molecule has 0 aromatic heterocycles. The first-order valence-corrected chi connectivity index (χ1v) is 7.71. The van der Waals surface area contributed by atoms with E-state index in [1.807, 2.05) is 0 Å². The predicted molar refractivity (Wildman–Crippen MR) is 74.3 cm³/mol. The average molecular weight is 238 g/mol. The predicted octanol–water partition coefficient (Wildman–Crippen LogP) is 3.03. The molecule has 2 heteroatoms. The van der Waals surface area contributed by atoms with Crippen LogP contribution in [0.1, 0.15) is 59.3 Å². The number of hydrogen-bond donors (Lipinski definition) is 1. The summed E-state index contributed by atoms with van der Waals surface area (Å²) in [5, 5.41) is 3.68. The van der Waals surface area contributed by atoms with Crippen molar-refractivity contribution in [3.63, 3.8) is 0 Å². The molecule has 0 aromatic carbocycles. The third-order valence-corrected chi connectivity index (χ3v) is 4.81. The monoisotopic (exact) mass is 238 g/mol. The van der Waals surface area contributed by atoms with E-state index < -0.39 is 0 Å². The smallest absolute Gasteiger partial charge is 0.0107 e. The standard InChI is InChI=1S/C15H30N2/c1-4-17(15-7-5-6-8-15)13(3)12(2)11-16-14-9-10-14/h12-16H,4-11H2,1-3H3. The van der Waals surface area contributed by atoms with Gasteiger partial charge in [-0.15, -0.1) is 0 Å². The van der Waals surface area contributed by atoms with Crippen molar-refractivity contribution < 1.29 is 0 Å². The van der Waals surface area contributed by atoms with E-state index >= 15 is 0 Å². The molecule has 0 bridgehead atoms. The Labute approximate surface area is 107 Å². The summed E-state index contributed by atoms with van der Waals surface area (Å²) in [6.45, 7) is 9.60. The molecule has 2 unspecified atom stereocenters. The summed E-state index contributed by atoms with van der Waals surface area (Å²) >= 11 is 0.